The van der Waals surface area contributed by atoms with Gasteiger partial charge in [-0.15, -0.1) is 0 Å². The fourth-order valence-corrected chi connectivity index (χ4v) is 4.71. The summed E-state index contributed by atoms with van der Waals surface area (Å²) < 4.78 is 5.94. The molecule has 1 aromatic heterocycles. The molecule has 0 radical (unpaired) electrons. The highest BCUT2D eigenvalue weighted by atomic mass is 35.5. The van der Waals surface area contributed by atoms with Crippen molar-refractivity contribution in [2.24, 2.45) is 4.99 Å². The van der Waals surface area contributed by atoms with Crippen molar-refractivity contribution in [3.8, 4) is 11.5 Å². The molecule has 7 nitrogen and oxygen atoms in total. The minimum atomic E-state index is -0.118. The van der Waals surface area contributed by atoms with Crippen molar-refractivity contribution in [1.29, 1.82) is 0 Å². The molecule has 0 spiro atoms. The summed E-state index contributed by atoms with van der Waals surface area (Å²) in [4.78, 5) is 26.7. The number of carbonyl (C=O) groups is 1. The zero-order chi connectivity index (χ0) is 23.9. The topological polar surface area (TPSA) is 74.0 Å². The SMILES string of the molecule is O=C(c1ccc2nc(-c3ccc(Cl)c(Cl)c3)oc2c1)N1CCN(C2N=c3ccccc3=CN2)CC1. The van der Waals surface area contributed by atoms with E-state index in [9.17, 15) is 4.79 Å². The maximum atomic E-state index is 13.2. The number of piperazine rings is 1. The lowest BCUT2D eigenvalue weighted by atomic mass is 10.1. The molecule has 9 heteroatoms. The van der Waals surface area contributed by atoms with Crippen LogP contribution in [0.4, 0.5) is 0 Å². The molecular formula is C26H21Cl2N5O2. The van der Waals surface area contributed by atoms with E-state index < -0.39 is 0 Å². The summed E-state index contributed by atoms with van der Waals surface area (Å²) >= 11 is 12.1. The number of benzene rings is 3. The molecule has 0 bridgehead atoms. The van der Waals surface area contributed by atoms with Crippen LogP contribution in [0.25, 0.3) is 28.8 Å². The zero-order valence-corrected chi connectivity index (χ0v) is 20.1. The number of hydrogen-bond acceptors (Lipinski definition) is 6. The average molecular weight is 506 g/mol. The number of para-hydroxylation sites is 1. The van der Waals surface area contributed by atoms with E-state index in [0.717, 1.165) is 29.2 Å². The Bertz CT molecular complexity index is 1560. The zero-order valence-electron chi connectivity index (χ0n) is 18.6. The number of carbonyl (C=O) groups excluding carboxylic acids is 1. The summed E-state index contributed by atoms with van der Waals surface area (Å²) in [7, 11) is 0. The van der Waals surface area contributed by atoms with Gasteiger partial charge >= 0.3 is 0 Å². The average Bonchev–Trinajstić information content (AvgIpc) is 3.33. The molecule has 3 aromatic carbocycles. The second-order valence-corrected chi connectivity index (χ2v) is 9.35. The molecule has 2 aliphatic rings. The van der Waals surface area contributed by atoms with Crippen LogP contribution in [0.1, 0.15) is 10.4 Å². The first-order valence-electron chi connectivity index (χ1n) is 11.3. The number of oxazole rings is 1. The standard InChI is InChI=1S/C26H21Cl2N5O2/c27-19-7-5-16(13-20(19)28)24-30-22-8-6-17(14-23(22)35-24)25(34)32-9-11-33(12-10-32)26-29-15-18-3-1-2-4-21(18)31-26/h1-8,13-15,26,29H,9-12H2. The normalized spacial score (nSPS) is 17.9. The third-order valence-electron chi connectivity index (χ3n) is 6.34. The molecule has 35 heavy (non-hydrogen) atoms. The van der Waals surface area contributed by atoms with Gasteiger partial charge in [0.25, 0.3) is 5.91 Å². The number of halogens is 2. The van der Waals surface area contributed by atoms with Gasteiger partial charge in [0.05, 0.1) is 15.4 Å². The van der Waals surface area contributed by atoms with E-state index in [4.69, 9.17) is 32.6 Å². The fourth-order valence-electron chi connectivity index (χ4n) is 4.41. The van der Waals surface area contributed by atoms with E-state index >= 15 is 0 Å². The number of nitrogens with zero attached hydrogens (tertiary/aromatic N) is 4. The first-order valence-corrected chi connectivity index (χ1v) is 12.1. The Kier molecular flexibility index (Phi) is 5.68. The van der Waals surface area contributed by atoms with Gasteiger partial charge in [-0.3, -0.25) is 9.69 Å². The van der Waals surface area contributed by atoms with Crippen molar-refractivity contribution in [3.05, 3.63) is 86.8 Å². The molecular weight excluding hydrogens is 485 g/mol. The first-order chi connectivity index (χ1) is 17.0. The second-order valence-electron chi connectivity index (χ2n) is 8.53. The molecule has 2 aliphatic heterocycles. The van der Waals surface area contributed by atoms with Crippen LogP contribution in [0, 0.1) is 0 Å². The number of fused-ring (bicyclic) bond motifs is 2. The Labute approximate surface area is 211 Å². The van der Waals surface area contributed by atoms with Crippen LogP contribution in [-0.2, 0) is 0 Å². The highest BCUT2D eigenvalue weighted by molar-refractivity contribution is 6.42. The van der Waals surface area contributed by atoms with E-state index in [1.54, 1.807) is 36.4 Å². The molecule has 0 aliphatic carbocycles. The Morgan fingerprint density at radius 2 is 1.80 bits per heavy atom. The fraction of sp³-hybridized carbons (Fsp3) is 0.192. The minimum Gasteiger partial charge on any atom is -0.436 e. The predicted molar refractivity (Wildman–Crippen MR) is 136 cm³/mol. The first kappa shape index (κ1) is 22.1. The molecule has 1 saturated heterocycles. The van der Waals surface area contributed by atoms with Crippen molar-refractivity contribution in [2.45, 2.75) is 6.29 Å². The van der Waals surface area contributed by atoms with E-state index in [0.29, 0.717) is 45.7 Å². The summed E-state index contributed by atoms with van der Waals surface area (Å²) in [5, 5.41) is 6.32. The van der Waals surface area contributed by atoms with Gasteiger partial charge < -0.3 is 14.6 Å². The molecule has 4 aromatic rings. The number of amides is 1. The summed E-state index contributed by atoms with van der Waals surface area (Å²) in [6, 6.07) is 18.6. The van der Waals surface area contributed by atoms with Gasteiger partial charge in [0.1, 0.15) is 5.52 Å². The minimum absolute atomic E-state index is 0.0236. The van der Waals surface area contributed by atoms with Gasteiger partial charge in [-0.05, 0) is 42.5 Å². The maximum Gasteiger partial charge on any atom is 0.254 e. The van der Waals surface area contributed by atoms with Crippen LogP contribution >= 0.6 is 23.2 Å². The Morgan fingerprint density at radius 1 is 0.971 bits per heavy atom. The van der Waals surface area contributed by atoms with Gasteiger partial charge in [0.15, 0.2) is 11.9 Å². The lowest BCUT2D eigenvalue weighted by Crippen LogP contribution is -2.56. The van der Waals surface area contributed by atoms with Crippen LogP contribution in [0.3, 0.4) is 0 Å². The van der Waals surface area contributed by atoms with Gasteiger partial charge in [-0.25, -0.2) is 9.98 Å². The van der Waals surface area contributed by atoms with Gasteiger partial charge in [0, 0.05) is 48.7 Å². The van der Waals surface area contributed by atoms with Crippen LogP contribution in [0.15, 0.2) is 70.1 Å². The smallest absolute Gasteiger partial charge is 0.254 e. The lowest BCUT2D eigenvalue weighted by Gasteiger charge is -2.38. The molecule has 1 amide bonds. The number of nitrogens with one attached hydrogen (secondary N) is 1. The highest BCUT2D eigenvalue weighted by Gasteiger charge is 2.27. The summed E-state index contributed by atoms with van der Waals surface area (Å²) in [5.41, 5.74) is 2.52. The number of aromatic nitrogens is 1. The monoisotopic (exact) mass is 505 g/mol. The molecule has 0 saturated carbocycles. The third-order valence-corrected chi connectivity index (χ3v) is 7.07. The van der Waals surface area contributed by atoms with Gasteiger partial charge in [-0.1, -0.05) is 41.4 Å². The molecule has 1 unspecified atom stereocenters. The molecule has 1 atom stereocenters. The quantitative estimate of drug-likeness (QED) is 0.461. The van der Waals surface area contributed by atoms with Crippen molar-refractivity contribution in [3.63, 3.8) is 0 Å². The van der Waals surface area contributed by atoms with Crippen LogP contribution in [0.2, 0.25) is 10.0 Å². The summed E-state index contributed by atoms with van der Waals surface area (Å²) in [6.45, 7) is 2.71. The Balaban J connectivity index is 1.16. The van der Waals surface area contributed by atoms with Crippen molar-refractivity contribution in [1.82, 2.24) is 20.1 Å². The lowest BCUT2D eigenvalue weighted by molar-refractivity contribution is 0.0554. The van der Waals surface area contributed by atoms with E-state index in [-0.39, 0.29) is 12.2 Å². The maximum absolute atomic E-state index is 13.2. The highest BCUT2D eigenvalue weighted by Crippen LogP contribution is 2.30. The van der Waals surface area contributed by atoms with Gasteiger partial charge in [0.2, 0.25) is 5.89 Å². The molecule has 3 heterocycles. The number of hydrogen-bond donors (Lipinski definition) is 1. The van der Waals surface area contributed by atoms with Crippen LogP contribution in [-0.4, -0.2) is 53.2 Å². The van der Waals surface area contributed by atoms with Gasteiger partial charge in [-0.2, -0.15) is 0 Å². The molecule has 176 valence electrons. The van der Waals surface area contributed by atoms with E-state index in [2.05, 4.69) is 15.2 Å². The van der Waals surface area contributed by atoms with Crippen molar-refractivity contribution < 1.29 is 9.21 Å². The van der Waals surface area contributed by atoms with Crippen molar-refractivity contribution in [2.75, 3.05) is 26.2 Å². The molecule has 1 fully saturated rings. The Hall–Kier alpha value is -3.39. The van der Waals surface area contributed by atoms with E-state index in [1.165, 1.54) is 0 Å². The van der Waals surface area contributed by atoms with Crippen LogP contribution < -0.4 is 15.9 Å². The Morgan fingerprint density at radius 3 is 2.63 bits per heavy atom. The van der Waals surface area contributed by atoms with Crippen LogP contribution in [0.5, 0.6) is 0 Å². The predicted octanol–water partition coefficient (Wildman–Crippen LogP) is 3.50. The molecule has 6 rings (SSSR count). The summed E-state index contributed by atoms with van der Waals surface area (Å²) in [5.74, 6) is 0.406. The largest absolute Gasteiger partial charge is 0.436 e. The second kappa shape index (κ2) is 9.00. The van der Waals surface area contributed by atoms with Crippen molar-refractivity contribution >= 4 is 46.4 Å². The molecule has 1 N–H and O–H groups in total. The summed E-state index contributed by atoms with van der Waals surface area (Å²) in [6.07, 6.45) is 1.89. The van der Waals surface area contributed by atoms with E-state index in [1.807, 2.05) is 35.4 Å². The number of rotatable bonds is 3. The third kappa shape index (κ3) is 4.27.